The first-order valence-electron chi connectivity index (χ1n) is 2.99. The largest absolute Gasteiger partial charge is 0.350 e. The van der Waals surface area contributed by atoms with Crippen LogP contribution >= 0.6 is 11.6 Å². The number of hydrogen-bond donors (Lipinski definition) is 2. The lowest BCUT2D eigenvalue weighted by Crippen LogP contribution is -2.18. The molecule has 0 bridgehead atoms. The molecule has 0 unspecified atom stereocenters. The molecule has 0 radical (unpaired) electrons. The van der Waals surface area contributed by atoms with Crippen molar-refractivity contribution in [2.45, 2.75) is 6.92 Å². The van der Waals surface area contributed by atoms with Gasteiger partial charge in [0.05, 0.1) is 0 Å². The fraction of sp³-hybridized carbons (Fsp3) is 0.200. The van der Waals surface area contributed by atoms with E-state index in [1.54, 1.807) is 0 Å². The zero-order chi connectivity index (χ0) is 9.14. The quantitative estimate of drug-likeness (QED) is 0.638. The van der Waals surface area contributed by atoms with Crippen molar-refractivity contribution in [1.29, 1.82) is 0 Å². The van der Waals surface area contributed by atoms with E-state index in [0.717, 1.165) is 0 Å². The number of hydrogen-bond acceptors (Lipinski definition) is 4. The predicted molar refractivity (Wildman–Crippen MR) is 42.0 cm³/mol. The van der Waals surface area contributed by atoms with Crippen LogP contribution in [0.1, 0.15) is 6.92 Å². The summed E-state index contributed by atoms with van der Waals surface area (Å²) in [5.41, 5.74) is -0.654. The maximum Gasteiger partial charge on any atom is 0.350 e. The fourth-order valence-electron chi connectivity index (χ4n) is 0.572. The summed E-state index contributed by atoms with van der Waals surface area (Å²) < 4.78 is 0. The molecular formula is C5H5ClN4O2. The zero-order valence-electron chi connectivity index (χ0n) is 6.09. The van der Waals surface area contributed by atoms with E-state index in [4.69, 9.17) is 11.6 Å². The average Bonchev–Trinajstić information content (AvgIpc) is 1.81. The van der Waals surface area contributed by atoms with Crippen LogP contribution in [0.15, 0.2) is 4.79 Å². The molecule has 6 nitrogen and oxygen atoms in total. The van der Waals surface area contributed by atoms with Crippen molar-refractivity contribution >= 4 is 23.5 Å². The highest BCUT2D eigenvalue weighted by molar-refractivity contribution is 6.28. The van der Waals surface area contributed by atoms with Crippen molar-refractivity contribution < 1.29 is 4.79 Å². The number of rotatable bonds is 1. The number of amides is 1. The summed E-state index contributed by atoms with van der Waals surface area (Å²) in [6.45, 7) is 1.28. The van der Waals surface area contributed by atoms with Crippen LogP contribution in [0.2, 0.25) is 5.28 Å². The molecule has 2 N–H and O–H groups in total. The van der Waals surface area contributed by atoms with Crippen LogP contribution in [-0.2, 0) is 4.79 Å². The van der Waals surface area contributed by atoms with E-state index >= 15 is 0 Å². The Morgan fingerprint density at radius 2 is 2.25 bits per heavy atom. The van der Waals surface area contributed by atoms with Gasteiger partial charge in [0.1, 0.15) is 0 Å². The Hall–Kier alpha value is -1.43. The highest BCUT2D eigenvalue weighted by atomic mass is 35.5. The number of carbonyl (C=O) groups excluding carboxylic acids is 1. The lowest BCUT2D eigenvalue weighted by Gasteiger charge is -1.97. The van der Waals surface area contributed by atoms with Crippen LogP contribution in [-0.4, -0.2) is 20.9 Å². The van der Waals surface area contributed by atoms with E-state index in [2.05, 4.69) is 20.3 Å². The number of carbonyl (C=O) groups is 1. The molecule has 12 heavy (non-hydrogen) atoms. The first-order chi connectivity index (χ1) is 5.58. The minimum absolute atomic E-state index is 0.101. The molecule has 0 aliphatic rings. The van der Waals surface area contributed by atoms with Crippen molar-refractivity contribution in [3.8, 4) is 0 Å². The van der Waals surface area contributed by atoms with E-state index in [1.807, 2.05) is 0 Å². The van der Waals surface area contributed by atoms with E-state index in [9.17, 15) is 9.59 Å². The molecule has 1 heterocycles. The molecule has 0 aliphatic carbocycles. The summed E-state index contributed by atoms with van der Waals surface area (Å²) in [4.78, 5) is 30.1. The standard InChI is InChI=1S/C5H5ClN4O2/c1-2(11)7-4-8-3(6)9-5(12)10-4/h1H3,(H2,7,8,9,10,11,12). The second kappa shape index (κ2) is 3.31. The summed E-state index contributed by atoms with van der Waals surface area (Å²) in [5, 5.41) is 2.11. The Kier molecular flexibility index (Phi) is 2.39. The molecule has 0 spiro atoms. The minimum Gasteiger partial charge on any atom is -0.295 e. The number of aromatic nitrogens is 3. The topological polar surface area (TPSA) is 87.7 Å². The number of nitrogens with one attached hydrogen (secondary N) is 2. The normalized spacial score (nSPS) is 9.50. The van der Waals surface area contributed by atoms with Crippen LogP contribution in [0.3, 0.4) is 0 Å². The van der Waals surface area contributed by atoms with Gasteiger partial charge in [0.15, 0.2) is 0 Å². The fourth-order valence-corrected chi connectivity index (χ4v) is 0.733. The van der Waals surface area contributed by atoms with Gasteiger partial charge in [0, 0.05) is 6.92 Å². The molecule has 1 rings (SSSR count). The van der Waals surface area contributed by atoms with Gasteiger partial charge in [-0.25, -0.2) is 4.79 Å². The van der Waals surface area contributed by atoms with E-state index in [0.29, 0.717) is 0 Å². The number of H-pyrrole nitrogens is 1. The maximum atomic E-state index is 10.7. The summed E-state index contributed by atoms with van der Waals surface area (Å²) in [7, 11) is 0. The van der Waals surface area contributed by atoms with E-state index in [-0.39, 0.29) is 17.1 Å². The monoisotopic (exact) mass is 188 g/mol. The van der Waals surface area contributed by atoms with Crippen molar-refractivity contribution in [1.82, 2.24) is 15.0 Å². The molecule has 0 fully saturated rings. The Balaban J connectivity index is 3.01. The third-order valence-corrected chi connectivity index (χ3v) is 1.09. The zero-order valence-corrected chi connectivity index (χ0v) is 6.84. The van der Waals surface area contributed by atoms with Crippen molar-refractivity contribution in [2.75, 3.05) is 5.32 Å². The van der Waals surface area contributed by atoms with E-state index < -0.39 is 5.69 Å². The van der Waals surface area contributed by atoms with Gasteiger partial charge in [0.25, 0.3) is 0 Å². The lowest BCUT2D eigenvalue weighted by atomic mass is 10.7. The number of nitrogens with zero attached hydrogens (tertiary/aromatic N) is 2. The Labute approximate surface area is 72.0 Å². The molecule has 1 aromatic heterocycles. The molecule has 1 amide bonds. The second-order valence-electron chi connectivity index (χ2n) is 1.95. The average molecular weight is 189 g/mol. The molecule has 1 aromatic rings. The molecule has 64 valence electrons. The number of halogens is 1. The van der Waals surface area contributed by atoms with Crippen molar-refractivity contribution in [3.63, 3.8) is 0 Å². The van der Waals surface area contributed by atoms with Gasteiger partial charge in [-0.05, 0) is 11.6 Å². The lowest BCUT2D eigenvalue weighted by molar-refractivity contribution is -0.114. The highest BCUT2D eigenvalue weighted by Crippen LogP contribution is 1.98. The minimum atomic E-state index is -0.654. The Morgan fingerprint density at radius 1 is 1.58 bits per heavy atom. The van der Waals surface area contributed by atoms with Gasteiger partial charge in [0.2, 0.25) is 17.1 Å². The van der Waals surface area contributed by atoms with Crippen molar-refractivity contribution in [3.05, 3.63) is 15.8 Å². The van der Waals surface area contributed by atoms with Gasteiger partial charge in [-0.15, -0.1) is 0 Å². The van der Waals surface area contributed by atoms with Gasteiger partial charge < -0.3 is 0 Å². The SMILES string of the molecule is CC(=O)Nc1nc(Cl)[nH]c(=O)n1. The first kappa shape index (κ1) is 8.66. The molecule has 0 saturated carbocycles. The van der Waals surface area contributed by atoms with Gasteiger partial charge >= 0.3 is 5.69 Å². The number of anilines is 1. The predicted octanol–water partition coefficient (Wildman–Crippen LogP) is -0.223. The molecule has 7 heteroatoms. The van der Waals surface area contributed by atoms with Gasteiger partial charge in [-0.1, -0.05) is 0 Å². The van der Waals surface area contributed by atoms with Crippen LogP contribution in [0, 0.1) is 0 Å². The summed E-state index contributed by atoms with van der Waals surface area (Å²) in [5.74, 6) is -0.465. The second-order valence-corrected chi connectivity index (χ2v) is 2.31. The van der Waals surface area contributed by atoms with Crippen molar-refractivity contribution in [2.24, 2.45) is 0 Å². The van der Waals surface area contributed by atoms with Crippen LogP contribution in [0.4, 0.5) is 5.95 Å². The maximum absolute atomic E-state index is 10.7. The molecule has 0 aliphatic heterocycles. The third-order valence-electron chi connectivity index (χ3n) is 0.909. The smallest absolute Gasteiger partial charge is 0.295 e. The summed E-state index contributed by atoms with van der Waals surface area (Å²) >= 11 is 5.38. The molecular weight excluding hydrogens is 184 g/mol. The van der Waals surface area contributed by atoms with Gasteiger partial charge in [-0.2, -0.15) is 9.97 Å². The van der Waals surface area contributed by atoms with Gasteiger partial charge in [-0.3, -0.25) is 15.1 Å². The summed E-state index contributed by atoms with van der Waals surface area (Å²) in [6.07, 6.45) is 0. The van der Waals surface area contributed by atoms with Crippen LogP contribution in [0.25, 0.3) is 0 Å². The Morgan fingerprint density at radius 3 is 2.75 bits per heavy atom. The van der Waals surface area contributed by atoms with E-state index in [1.165, 1.54) is 6.92 Å². The number of aromatic amines is 1. The highest BCUT2D eigenvalue weighted by Gasteiger charge is 2.01. The molecule has 0 atom stereocenters. The summed E-state index contributed by atoms with van der Waals surface area (Å²) in [6, 6.07) is 0. The molecule has 0 saturated heterocycles. The first-order valence-corrected chi connectivity index (χ1v) is 3.37. The Bertz CT molecular complexity index is 361. The third kappa shape index (κ3) is 2.31. The van der Waals surface area contributed by atoms with Crippen LogP contribution in [0.5, 0.6) is 0 Å². The van der Waals surface area contributed by atoms with Crippen LogP contribution < -0.4 is 11.0 Å². The molecule has 0 aromatic carbocycles.